The predicted molar refractivity (Wildman–Crippen MR) is 95.1 cm³/mol. The molecule has 1 atom stereocenters. The van der Waals surface area contributed by atoms with Crippen LogP contribution in [0.15, 0.2) is 54.7 Å². The summed E-state index contributed by atoms with van der Waals surface area (Å²) in [5.74, 6) is 5.76. The molecule has 0 spiro atoms. The molecule has 3 rings (SSSR count). The lowest BCUT2D eigenvalue weighted by atomic mass is 9.98. The highest BCUT2D eigenvalue weighted by atomic mass is 127. The second-order valence-corrected chi connectivity index (χ2v) is 6.30. The van der Waals surface area contributed by atoms with Crippen LogP contribution in [0, 0.1) is 3.57 Å². The van der Waals surface area contributed by atoms with Crippen LogP contribution in [0.1, 0.15) is 17.2 Å². The normalized spacial score (nSPS) is 12.5. The summed E-state index contributed by atoms with van der Waals surface area (Å²) in [6.07, 6.45) is 1.79. The number of nitrogens with one attached hydrogen (secondary N) is 1. The fraction of sp³-hybridized carbons (Fsp3) is 0.0625. The maximum atomic E-state index is 6.21. The first kappa shape index (κ1) is 14.7. The summed E-state index contributed by atoms with van der Waals surface area (Å²) in [5.41, 5.74) is 5.95. The van der Waals surface area contributed by atoms with E-state index >= 15 is 0 Å². The fourth-order valence-electron chi connectivity index (χ4n) is 2.35. The van der Waals surface area contributed by atoms with Gasteiger partial charge in [-0.2, -0.15) is 0 Å². The van der Waals surface area contributed by atoms with E-state index in [1.165, 1.54) is 0 Å². The van der Waals surface area contributed by atoms with Gasteiger partial charge in [-0.15, -0.1) is 0 Å². The quantitative estimate of drug-likeness (QED) is 0.390. The highest BCUT2D eigenvalue weighted by molar-refractivity contribution is 14.1. The van der Waals surface area contributed by atoms with Crippen LogP contribution in [0.2, 0.25) is 5.02 Å². The summed E-state index contributed by atoms with van der Waals surface area (Å²) in [7, 11) is 0. The van der Waals surface area contributed by atoms with Crippen LogP contribution in [0.25, 0.3) is 10.9 Å². The first-order valence-corrected chi connectivity index (χ1v) is 7.90. The van der Waals surface area contributed by atoms with Crippen LogP contribution in [0.5, 0.6) is 0 Å². The third kappa shape index (κ3) is 3.03. The number of hydrogen-bond acceptors (Lipinski definition) is 3. The highest BCUT2D eigenvalue weighted by Gasteiger charge is 2.14. The lowest BCUT2D eigenvalue weighted by Crippen LogP contribution is -2.28. The summed E-state index contributed by atoms with van der Waals surface area (Å²) in [6.45, 7) is 0. The van der Waals surface area contributed by atoms with Gasteiger partial charge in [0.2, 0.25) is 0 Å². The van der Waals surface area contributed by atoms with Gasteiger partial charge >= 0.3 is 0 Å². The minimum atomic E-state index is -0.107. The average Bonchev–Trinajstić information content (AvgIpc) is 2.51. The van der Waals surface area contributed by atoms with Gasteiger partial charge in [-0.25, -0.2) is 5.43 Å². The van der Waals surface area contributed by atoms with Crippen molar-refractivity contribution in [3.8, 4) is 0 Å². The van der Waals surface area contributed by atoms with Gasteiger partial charge < -0.3 is 0 Å². The van der Waals surface area contributed by atoms with Gasteiger partial charge in [-0.05, 0) is 64.0 Å². The zero-order chi connectivity index (χ0) is 14.8. The molecule has 0 aliphatic heterocycles. The SMILES string of the molecule is NNC(c1ccc(I)c(Cl)c1)c1ccc2ncccc2c1. The first-order valence-electron chi connectivity index (χ1n) is 6.45. The van der Waals surface area contributed by atoms with Gasteiger partial charge in [0.05, 0.1) is 16.6 Å². The fourth-order valence-corrected chi connectivity index (χ4v) is 2.87. The Kier molecular flexibility index (Phi) is 4.40. The van der Waals surface area contributed by atoms with E-state index in [4.69, 9.17) is 17.4 Å². The zero-order valence-corrected chi connectivity index (χ0v) is 14.0. The molecule has 3 nitrogen and oxygen atoms in total. The van der Waals surface area contributed by atoms with Crippen LogP contribution in [-0.2, 0) is 0 Å². The van der Waals surface area contributed by atoms with E-state index < -0.39 is 0 Å². The number of hydrazine groups is 1. The van der Waals surface area contributed by atoms with Crippen molar-refractivity contribution in [2.75, 3.05) is 0 Å². The second-order valence-electron chi connectivity index (χ2n) is 4.73. The van der Waals surface area contributed by atoms with Gasteiger partial charge in [0, 0.05) is 15.2 Å². The number of halogens is 2. The lowest BCUT2D eigenvalue weighted by Gasteiger charge is -2.18. The van der Waals surface area contributed by atoms with Crippen molar-refractivity contribution in [2.45, 2.75) is 6.04 Å². The molecule has 0 radical (unpaired) electrons. The summed E-state index contributed by atoms with van der Waals surface area (Å²) in [4.78, 5) is 4.33. The monoisotopic (exact) mass is 409 g/mol. The van der Waals surface area contributed by atoms with Crippen molar-refractivity contribution in [3.05, 3.63) is 74.4 Å². The molecule has 5 heteroatoms. The molecular formula is C16H13ClIN3. The molecule has 0 saturated heterocycles. The number of benzene rings is 2. The Bertz CT molecular complexity index is 791. The molecule has 0 aliphatic rings. The third-order valence-electron chi connectivity index (χ3n) is 3.40. The van der Waals surface area contributed by atoms with E-state index in [-0.39, 0.29) is 6.04 Å². The van der Waals surface area contributed by atoms with Crippen LogP contribution in [-0.4, -0.2) is 4.98 Å². The lowest BCUT2D eigenvalue weighted by molar-refractivity contribution is 0.637. The van der Waals surface area contributed by atoms with Crippen molar-refractivity contribution >= 4 is 45.1 Å². The molecule has 2 aromatic carbocycles. The summed E-state index contributed by atoms with van der Waals surface area (Å²) in [5, 5.41) is 1.82. The molecule has 0 amide bonds. The maximum absolute atomic E-state index is 6.21. The minimum absolute atomic E-state index is 0.107. The highest BCUT2D eigenvalue weighted by Crippen LogP contribution is 2.28. The van der Waals surface area contributed by atoms with Crippen molar-refractivity contribution < 1.29 is 0 Å². The second kappa shape index (κ2) is 6.27. The molecule has 0 aliphatic carbocycles. The van der Waals surface area contributed by atoms with Gasteiger partial charge in [0.25, 0.3) is 0 Å². The van der Waals surface area contributed by atoms with Crippen LogP contribution >= 0.6 is 34.2 Å². The third-order valence-corrected chi connectivity index (χ3v) is 4.98. The van der Waals surface area contributed by atoms with E-state index in [1.807, 2.05) is 42.5 Å². The smallest absolute Gasteiger partial charge is 0.0710 e. The predicted octanol–water partition coefficient (Wildman–Crippen LogP) is 4.05. The standard InChI is InChI=1S/C16H13ClIN3/c17-13-9-12(3-5-14(13)18)16(21-19)11-4-6-15-10(8-11)2-1-7-20-15/h1-9,16,21H,19H2. The van der Waals surface area contributed by atoms with E-state index in [9.17, 15) is 0 Å². The Hall–Kier alpha value is -1.21. The van der Waals surface area contributed by atoms with Crippen LogP contribution < -0.4 is 11.3 Å². The number of nitrogens with zero attached hydrogens (tertiary/aromatic N) is 1. The molecule has 3 aromatic rings. The Morgan fingerprint density at radius 2 is 1.86 bits per heavy atom. The van der Waals surface area contributed by atoms with Crippen LogP contribution in [0.4, 0.5) is 0 Å². The number of rotatable bonds is 3. The molecule has 0 fully saturated rings. The van der Waals surface area contributed by atoms with E-state index in [0.29, 0.717) is 0 Å². The van der Waals surface area contributed by atoms with E-state index in [2.05, 4.69) is 39.1 Å². The number of pyridine rings is 1. The van der Waals surface area contributed by atoms with E-state index in [0.717, 1.165) is 30.6 Å². The molecule has 1 heterocycles. The number of fused-ring (bicyclic) bond motifs is 1. The van der Waals surface area contributed by atoms with Crippen molar-refractivity contribution in [2.24, 2.45) is 5.84 Å². The zero-order valence-electron chi connectivity index (χ0n) is 11.1. The molecule has 0 bridgehead atoms. The first-order chi connectivity index (χ1) is 10.2. The Morgan fingerprint density at radius 1 is 1.10 bits per heavy atom. The van der Waals surface area contributed by atoms with Gasteiger partial charge in [0.1, 0.15) is 0 Å². The molecule has 0 saturated carbocycles. The van der Waals surface area contributed by atoms with Crippen molar-refractivity contribution in [1.29, 1.82) is 0 Å². The molecular weight excluding hydrogens is 397 g/mol. The molecule has 3 N–H and O–H groups in total. The Balaban J connectivity index is 2.06. The number of hydrogen-bond donors (Lipinski definition) is 2. The molecule has 1 aromatic heterocycles. The van der Waals surface area contributed by atoms with Gasteiger partial charge in [-0.3, -0.25) is 10.8 Å². The average molecular weight is 410 g/mol. The van der Waals surface area contributed by atoms with Crippen LogP contribution in [0.3, 0.4) is 0 Å². The molecule has 21 heavy (non-hydrogen) atoms. The van der Waals surface area contributed by atoms with Gasteiger partial charge in [0.15, 0.2) is 0 Å². The minimum Gasteiger partial charge on any atom is -0.271 e. The largest absolute Gasteiger partial charge is 0.271 e. The molecule has 1 unspecified atom stereocenters. The Labute approximate surface area is 141 Å². The maximum Gasteiger partial charge on any atom is 0.0710 e. The number of nitrogens with two attached hydrogens (primary N) is 1. The van der Waals surface area contributed by atoms with Gasteiger partial charge in [-0.1, -0.05) is 29.8 Å². The van der Waals surface area contributed by atoms with Crippen molar-refractivity contribution in [1.82, 2.24) is 10.4 Å². The molecule has 106 valence electrons. The Morgan fingerprint density at radius 3 is 2.62 bits per heavy atom. The topological polar surface area (TPSA) is 50.9 Å². The van der Waals surface area contributed by atoms with Crippen molar-refractivity contribution in [3.63, 3.8) is 0 Å². The summed E-state index contributed by atoms with van der Waals surface area (Å²) >= 11 is 8.42. The summed E-state index contributed by atoms with van der Waals surface area (Å²) in [6, 6.07) is 16.0. The van der Waals surface area contributed by atoms with E-state index in [1.54, 1.807) is 6.20 Å². The summed E-state index contributed by atoms with van der Waals surface area (Å²) < 4.78 is 1.02. The number of aromatic nitrogens is 1.